The standard InChI is InChI=1S/C2H6B2N2/c1-3-5-2-6-4-1/h5-6H,1-2H2. The molecule has 1 saturated heterocycles. The van der Waals surface area contributed by atoms with Gasteiger partial charge in [0.2, 0.25) is 0 Å². The fraction of sp³-hybridized carbons (Fsp3) is 1.00. The molecule has 1 fully saturated rings. The van der Waals surface area contributed by atoms with E-state index >= 15 is 0 Å². The van der Waals surface area contributed by atoms with E-state index in [0.29, 0.717) is 0 Å². The molecule has 2 nitrogen and oxygen atoms in total. The lowest BCUT2D eigenvalue weighted by Crippen LogP contribution is -2.41. The van der Waals surface area contributed by atoms with Crippen molar-refractivity contribution < 1.29 is 0 Å². The predicted octanol–water partition coefficient (Wildman–Crippen LogP) is -1.25. The first-order valence-corrected chi connectivity index (χ1v) is 2.10. The molecule has 2 radical (unpaired) electrons. The van der Waals surface area contributed by atoms with Crippen LogP contribution >= 0.6 is 0 Å². The second-order valence-corrected chi connectivity index (χ2v) is 1.23. The van der Waals surface area contributed by atoms with Crippen molar-refractivity contribution in [3.8, 4) is 0 Å². The molecule has 0 atom stereocenters. The molecule has 1 rings (SSSR count). The minimum absolute atomic E-state index is 0.889. The molecule has 0 unspecified atom stereocenters. The fourth-order valence-electron chi connectivity index (χ4n) is 0.429. The average Bonchev–Trinajstić information content (AvgIpc) is 1.72. The molecule has 0 aliphatic carbocycles. The highest BCUT2D eigenvalue weighted by atomic mass is 15.0. The van der Waals surface area contributed by atoms with Crippen LogP contribution in [0.4, 0.5) is 0 Å². The van der Waals surface area contributed by atoms with Crippen LogP contribution < -0.4 is 10.5 Å². The summed E-state index contributed by atoms with van der Waals surface area (Å²) in [6.45, 7) is 0.889. The minimum Gasteiger partial charge on any atom is -0.350 e. The van der Waals surface area contributed by atoms with Crippen molar-refractivity contribution in [3.05, 3.63) is 0 Å². The first-order chi connectivity index (χ1) is 3.00. The molecule has 30 valence electrons. The second-order valence-electron chi connectivity index (χ2n) is 1.23. The maximum Gasteiger partial charge on any atom is 0.199 e. The van der Waals surface area contributed by atoms with Gasteiger partial charge in [-0.05, 0) is 0 Å². The Kier molecular flexibility index (Phi) is 1.59. The Morgan fingerprint density at radius 1 is 1.17 bits per heavy atom. The summed E-state index contributed by atoms with van der Waals surface area (Å²) >= 11 is 0. The van der Waals surface area contributed by atoms with Gasteiger partial charge in [0.15, 0.2) is 14.8 Å². The number of hydrogen-bond acceptors (Lipinski definition) is 2. The summed E-state index contributed by atoms with van der Waals surface area (Å²) in [5.41, 5.74) is 0. The zero-order chi connectivity index (χ0) is 4.24. The number of hydrogen-bond donors (Lipinski definition) is 2. The molecule has 0 bridgehead atoms. The topological polar surface area (TPSA) is 24.1 Å². The van der Waals surface area contributed by atoms with E-state index in [-0.39, 0.29) is 0 Å². The Bertz CT molecular complexity index is 25.0. The summed E-state index contributed by atoms with van der Waals surface area (Å²) in [6.07, 6.45) is 1.03. The van der Waals surface area contributed by atoms with Crippen molar-refractivity contribution in [2.75, 3.05) is 6.67 Å². The van der Waals surface area contributed by atoms with Crippen LogP contribution in [-0.2, 0) is 0 Å². The van der Waals surface area contributed by atoms with Gasteiger partial charge in [-0.25, -0.2) is 0 Å². The largest absolute Gasteiger partial charge is 0.350 e. The van der Waals surface area contributed by atoms with Crippen molar-refractivity contribution in [3.63, 3.8) is 0 Å². The molecule has 0 aromatic heterocycles. The highest BCUT2D eigenvalue weighted by Crippen LogP contribution is 1.70. The second kappa shape index (κ2) is 2.26. The molecule has 4 heteroatoms. The van der Waals surface area contributed by atoms with Gasteiger partial charge in [-0.15, -0.1) is 0 Å². The van der Waals surface area contributed by atoms with Crippen LogP contribution in [0.2, 0.25) is 6.22 Å². The van der Waals surface area contributed by atoms with E-state index in [1.165, 1.54) is 0 Å². The van der Waals surface area contributed by atoms with Crippen LogP contribution in [0.3, 0.4) is 0 Å². The predicted molar refractivity (Wildman–Crippen MR) is 27.5 cm³/mol. The van der Waals surface area contributed by atoms with E-state index in [2.05, 4.69) is 10.5 Å². The third kappa shape index (κ3) is 1.03. The molecule has 2 N–H and O–H groups in total. The Morgan fingerprint density at radius 3 is 2.00 bits per heavy atom. The average molecular weight is 79.7 g/mol. The molecule has 1 aliphatic rings. The van der Waals surface area contributed by atoms with Crippen LogP contribution in [0.1, 0.15) is 0 Å². The van der Waals surface area contributed by atoms with E-state index < -0.39 is 0 Å². The molecule has 0 saturated carbocycles. The van der Waals surface area contributed by atoms with Crippen molar-refractivity contribution >= 4 is 14.8 Å². The van der Waals surface area contributed by atoms with Crippen molar-refractivity contribution in [2.45, 2.75) is 6.22 Å². The monoisotopic (exact) mass is 80.1 g/mol. The van der Waals surface area contributed by atoms with Gasteiger partial charge >= 0.3 is 0 Å². The van der Waals surface area contributed by atoms with Crippen LogP contribution in [-0.4, -0.2) is 21.5 Å². The third-order valence-electron chi connectivity index (χ3n) is 0.729. The van der Waals surface area contributed by atoms with Gasteiger partial charge in [-0.1, -0.05) is 6.22 Å². The first-order valence-electron chi connectivity index (χ1n) is 2.10. The van der Waals surface area contributed by atoms with Gasteiger partial charge in [-0.2, -0.15) is 0 Å². The third-order valence-corrected chi connectivity index (χ3v) is 0.729. The van der Waals surface area contributed by atoms with Crippen LogP contribution in [0.25, 0.3) is 0 Å². The van der Waals surface area contributed by atoms with Crippen LogP contribution in [0.15, 0.2) is 0 Å². The van der Waals surface area contributed by atoms with Gasteiger partial charge in [0, 0.05) is 6.67 Å². The van der Waals surface area contributed by atoms with Gasteiger partial charge in [-0.3, -0.25) is 0 Å². The molecule has 0 amide bonds. The summed E-state index contributed by atoms with van der Waals surface area (Å²) < 4.78 is 0. The van der Waals surface area contributed by atoms with E-state index in [1.807, 2.05) is 14.8 Å². The lowest BCUT2D eigenvalue weighted by molar-refractivity contribution is 0.857. The van der Waals surface area contributed by atoms with Crippen molar-refractivity contribution in [1.82, 2.24) is 10.5 Å². The summed E-state index contributed by atoms with van der Waals surface area (Å²) in [6, 6.07) is 0. The molecule has 0 spiro atoms. The molecular weight excluding hydrogens is 73.7 g/mol. The smallest absolute Gasteiger partial charge is 0.199 e. The summed E-state index contributed by atoms with van der Waals surface area (Å²) in [5, 5.41) is 6.03. The Balaban J connectivity index is 2.00. The highest BCUT2D eigenvalue weighted by Gasteiger charge is 1.96. The zero-order valence-electron chi connectivity index (χ0n) is 3.57. The van der Waals surface area contributed by atoms with E-state index in [1.54, 1.807) is 0 Å². The molecule has 1 aliphatic heterocycles. The van der Waals surface area contributed by atoms with Crippen molar-refractivity contribution in [2.24, 2.45) is 0 Å². The molecule has 0 aromatic carbocycles. The van der Waals surface area contributed by atoms with Crippen LogP contribution in [0.5, 0.6) is 0 Å². The van der Waals surface area contributed by atoms with Gasteiger partial charge < -0.3 is 10.5 Å². The summed E-state index contributed by atoms with van der Waals surface area (Å²) in [5.74, 6) is 0. The lowest BCUT2D eigenvalue weighted by Gasteiger charge is -2.08. The van der Waals surface area contributed by atoms with E-state index in [9.17, 15) is 0 Å². The lowest BCUT2D eigenvalue weighted by atomic mass is 9.67. The van der Waals surface area contributed by atoms with Gasteiger partial charge in [0.05, 0.1) is 0 Å². The Labute approximate surface area is 39.2 Å². The molecular formula is C2H6B2N2. The van der Waals surface area contributed by atoms with E-state index in [0.717, 1.165) is 12.9 Å². The quantitative estimate of drug-likeness (QED) is 0.355. The minimum atomic E-state index is 0.889. The highest BCUT2D eigenvalue weighted by molar-refractivity contribution is 6.54. The number of nitrogens with one attached hydrogen (secondary N) is 2. The molecule has 1 heterocycles. The van der Waals surface area contributed by atoms with Crippen molar-refractivity contribution in [1.29, 1.82) is 0 Å². The van der Waals surface area contributed by atoms with Crippen LogP contribution in [0, 0.1) is 0 Å². The Morgan fingerprint density at radius 2 is 1.83 bits per heavy atom. The number of rotatable bonds is 0. The molecule has 0 aromatic rings. The normalized spacial score (nSPS) is 21.3. The molecule has 6 heavy (non-hydrogen) atoms. The summed E-state index contributed by atoms with van der Waals surface area (Å²) in [7, 11) is 4.05. The zero-order valence-corrected chi connectivity index (χ0v) is 3.57. The fourth-order valence-corrected chi connectivity index (χ4v) is 0.429. The maximum absolute atomic E-state index is 3.02. The van der Waals surface area contributed by atoms with E-state index in [4.69, 9.17) is 0 Å². The van der Waals surface area contributed by atoms with Gasteiger partial charge in [0.25, 0.3) is 0 Å². The summed E-state index contributed by atoms with van der Waals surface area (Å²) in [4.78, 5) is 0. The SMILES string of the molecule is [B]1C[B]NCN1. The van der Waals surface area contributed by atoms with Gasteiger partial charge in [0.1, 0.15) is 0 Å². The Hall–Kier alpha value is 0.0499. The maximum atomic E-state index is 3.02. The first kappa shape index (κ1) is 4.22.